The van der Waals surface area contributed by atoms with Gasteiger partial charge in [-0.25, -0.2) is 13.2 Å². The fraction of sp³-hybridized carbons (Fsp3) is 0.211. The molecule has 2 aromatic rings. The minimum absolute atomic E-state index is 0.0119. The van der Waals surface area contributed by atoms with Gasteiger partial charge in [-0.3, -0.25) is 14.4 Å². The van der Waals surface area contributed by atoms with E-state index in [1.165, 1.54) is 12.1 Å². The maximum Gasteiger partial charge on any atom is 0.251 e. The van der Waals surface area contributed by atoms with Gasteiger partial charge in [-0.15, -0.1) is 0 Å². The van der Waals surface area contributed by atoms with Gasteiger partial charge in [0, 0.05) is 17.2 Å². The molecule has 6 nitrogen and oxygen atoms in total. The highest BCUT2D eigenvalue weighted by atomic mass is 19.2. The molecule has 9 heteroatoms. The van der Waals surface area contributed by atoms with Gasteiger partial charge in [0.05, 0.1) is 12.2 Å². The van der Waals surface area contributed by atoms with Crippen molar-refractivity contribution in [2.75, 3.05) is 17.2 Å². The van der Waals surface area contributed by atoms with E-state index in [2.05, 4.69) is 10.6 Å². The first-order valence-electron chi connectivity index (χ1n) is 8.47. The highest BCUT2D eigenvalue weighted by Gasteiger charge is 2.29. The van der Waals surface area contributed by atoms with Gasteiger partial charge in [-0.1, -0.05) is 6.07 Å². The first-order valence-corrected chi connectivity index (χ1v) is 8.47. The quantitative estimate of drug-likeness (QED) is 0.662. The number of hydrogen-bond acceptors (Lipinski definition) is 3. The zero-order chi connectivity index (χ0) is 20.3. The summed E-state index contributed by atoms with van der Waals surface area (Å²) in [7, 11) is 0. The largest absolute Gasteiger partial charge is 0.343 e. The van der Waals surface area contributed by atoms with Gasteiger partial charge in [0.1, 0.15) is 0 Å². The number of carbonyl (C=O) groups is 3. The maximum absolute atomic E-state index is 13.5. The topological polar surface area (TPSA) is 87.3 Å². The van der Waals surface area contributed by atoms with E-state index in [-0.39, 0.29) is 17.4 Å². The SMILES string of the molecule is O=C(CNC(=O)c1cccc(NC(=O)C2CC2)c1)Nc1ccc(F)c(F)c1F. The highest BCUT2D eigenvalue weighted by Crippen LogP contribution is 2.30. The van der Waals surface area contributed by atoms with E-state index in [0.29, 0.717) is 11.8 Å². The van der Waals surface area contributed by atoms with Crippen LogP contribution < -0.4 is 16.0 Å². The molecule has 0 spiro atoms. The number of carbonyl (C=O) groups excluding carboxylic acids is 3. The minimum Gasteiger partial charge on any atom is -0.343 e. The molecule has 3 amide bonds. The van der Waals surface area contributed by atoms with Crippen molar-refractivity contribution in [2.24, 2.45) is 5.92 Å². The predicted octanol–water partition coefficient (Wildman–Crippen LogP) is 2.82. The van der Waals surface area contributed by atoms with Gasteiger partial charge in [-0.05, 0) is 43.2 Å². The van der Waals surface area contributed by atoms with E-state index in [1.54, 1.807) is 12.1 Å². The van der Waals surface area contributed by atoms with Gasteiger partial charge >= 0.3 is 0 Å². The third-order valence-electron chi connectivity index (χ3n) is 4.06. The van der Waals surface area contributed by atoms with Crippen molar-refractivity contribution in [1.29, 1.82) is 0 Å². The normalized spacial score (nSPS) is 13.0. The molecule has 0 unspecified atom stereocenters. The number of benzene rings is 2. The van der Waals surface area contributed by atoms with Crippen molar-refractivity contribution in [3.05, 3.63) is 59.4 Å². The lowest BCUT2D eigenvalue weighted by Crippen LogP contribution is -2.33. The van der Waals surface area contributed by atoms with E-state index in [4.69, 9.17) is 0 Å². The summed E-state index contributed by atoms with van der Waals surface area (Å²) in [4.78, 5) is 35.8. The van der Waals surface area contributed by atoms with Crippen molar-refractivity contribution in [3.63, 3.8) is 0 Å². The molecule has 3 N–H and O–H groups in total. The second kappa shape index (κ2) is 8.12. The molecule has 0 heterocycles. The van der Waals surface area contributed by atoms with Gasteiger partial charge in [0.2, 0.25) is 11.8 Å². The zero-order valence-electron chi connectivity index (χ0n) is 14.5. The molecule has 28 heavy (non-hydrogen) atoms. The number of rotatable bonds is 6. The molecule has 0 aromatic heterocycles. The van der Waals surface area contributed by atoms with Crippen LogP contribution in [0.1, 0.15) is 23.2 Å². The summed E-state index contributed by atoms with van der Waals surface area (Å²) in [5, 5.41) is 7.08. The average Bonchev–Trinajstić information content (AvgIpc) is 3.52. The van der Waals surface area contributed by atoms with Crippen LogP contribution in [0.4, 0.5) is 24.5 Å². The Morgan fingerprint density at radius 3 is 2.43 bits per heavy atom. The first-order chi connectivity index (χ1) is 13.3. The molecule has 1 fully saturated rings. The van der Waals surface area contributed by atoms with Crippen LogP contribution >= 0.6 is 0 Å². The summed E-state index contributed by atoms with van der Waals surface area (Å²) in [6.45, 7) is -0.518. The van der Waals surface area contributed by atoms with Crippen molar-refractivity contribution < 1.29 is 27.6 Å². The second-order valence-electron chi connectivity index (χ2n) is 6.30. The summed E-state index contributed by atoms with van der Waals surface area (Å²) in [6, 6.07) is 7.72. The molecule has 2 aromatic carbocycles. The molecule has 0 saturated heterocycles. The molecule has 146 valence electrons. The Hall–Kier alpha value is -3.36. The van der Waals surface area contributed by atoms with Crippen molar-refractivity contribution in [1.82, 2.24) is 5.32 Å². The Morgan fingerprint density at radius 2 is 1.71 bits per heavy atom. The van der Waals surface area contributed by atoms with Gasteiger partial charge in [0.15, 0.2) is 17.5 Å². The summed E-state index contributed by atoms with van der Waals surface area (Å²) in [5.74, 6) is -6.12. The first kappa shape index (κ1) is 19.4. The molecule has 0 radical (unpaired) electrons. The van der Waals surface area contributed by atoms with Gasteiger partial charge in [0.25, 0.3) is 5.91 Å². The molecule has 0 aliphatic heterocycles. The molecule has 1 aliphatic rings. The lowest BCUT2D eigenvalue weighted by atomic mass is 10.2. The number of amides is 3. The Kier molecular flexibility index (Phi) is 5.62. The summed E-state index contributed by atoms with van der Waals surface area (Å²) in [6.07, 6.45) is 1.69. The van der Waals surface area contributed by atoms with Crippen molar-refractivity contribution in [2.45, 2.75) is 12.8 Å². The van der Waals surface area contributed by atoms with Crippen LogP contribution in [0.5, 0.6) is 0 Å². The van der Waals surface area contributed by atoms with E-state index in [0.717, 1.165) is 18.9 Å². The van der Waals surface area contributed by atoms with Crippen LogP contribution in [0.15, 0.2) is 36.4 Å². The predicted molar refractivity (Wildman–Crippen MR) is 95.1 cm³/mol. The Labute approximate surface area is 158 Å². The Morgan fingerprint density at radius 1 is 0.964 bits per heavy atom. The average molecular weight is 391 g/mol. The van der Waals surface area contributed by atoms with Crippen LogP contribution in [0.3, 0.4) is 0 Å². The Balaban J connectivity index is 1.55. The third-order valence-corrected chi connectivity index (χ3v) is 4.06. The second-order valence-corrected chi connectivity index (χ2v) is 6.30. The summed E-state index contributed by atoms with van der Waals surface area (Å²) < 4.78 is 39.6. The molecule has 1 aliphatic carbocycles. The fourth-order valence-electron chi connectivity index (χ4n) is 2.41. The summed E-state index contributed by atoms with van der Waals surface area (Å²) in [5.41, 5.74) is 0.126. The Bertz CT molecular complexity index is 945. The zero-order valence-corrected chi connectivity index (χ0v) is 14.5. The molecule has 0 bridgehead atoms. The van der Waals surface area contributed by atoms with E-state index in [1.807, 2.05) is 5.32 Å². The third kappa shape index (κ3) is 4.67. The van der Waals surface area contributed by atoms with Crippen LogP contribution in [-0.2, 0) is 9.59 Å². The molecular weight excluding hydrogens is 375 g/mol. The van der Waals surface area contributed by atoms with Crippen molar-refractivity contribution >= 4 is 29.1 Å². The standard InChI is InChI=1S/C19H16F3N3O3/c20-13-6-7-14(17(22)16(13)21)25-15(26)9-23-18(27)11-2-1-3-12(8-11)24-19(28)10-4-5-10/h1-3,6-8,10H,4-5,9H2,(H,23,27)(H,24,28)(H,25,26). The summed E-state index contributed by atoms with van der Waals surface area (Å²) >= 11 is 0. The highest BCUT2D eigenvalue weighted by molar-refractivity contribution is 6.01. The van der Waals surface area contributed by atoms with E-state index < -0.39 is 41.5 Å². The number of nitrogens with one attached hydrogen (secondary N) is 3. The van der Waals surface area contributed by atoms with E-state index in [9.17, 15) is 27.6 Å². The smallest absolute Gasteiger partial charge is 0.251 e. The minimum atomic E-state index is -1.70. The number of hydrogen-bond donors (Lipinski definition) is 3. The van der Waals surface area contributed by atoms with Gasteiger partial charge in [-0.2, -0.15) is 0 Å². The molecule has 0 atom stereocenters. The molecular formula is C19H16F3N3O3. The van der Waals surface area contributed by atoms with Crippen molar-refractivity contribution in [3.8, 4) is 0 Å². The van der Waals surface area contributed by atoms with E-state index >= 15 is 0 Å². The number of anilines is 2. The maximum atomic E-state index is 13.5. The lowest BCUT2D eigenvalue weighted by molar-refractivity contribution is -0.117. The van der Waals surface area contributed by atoms with Crippen LogP contribution in [0, 0.1) is 23.4 Å². The van der Waals surface area contributed by atoms with Crippen LogP contribution in [0.2, 0.25) is 0 Å². The lowest BCUT2D eigenvalue weighted by Gasteiger charge is -2.09. The van der Waals surface area contributed by atoms with Crippen LogP contribution in [-0.4, -0.2) is 24.3 Å². The number of halogens is 3. The molecule has 1 saturated carbocycles. The molecule has 3 rings (SSSR count). The van der Waals surface area contributed by atoms with Crippen LogP contribution in [0.25, 0.3) is 0 Å². The van der Waals surface area contributed by atoms with Gasteiger partial charge < -0.3 is 16.0 Å². The fourth-order valence-corrected chi connectivity index (χ4v) is 2.41. The monoisotopic (exact) mass is 391 g/mol.